The second-order valence-corrected chi connectivity index (χ2v) is 7.49. The largest absolute Gasteiger partial charge is 0.461 e. The molecule has 140 valence electrons. The van der Waals surface area contributed by atoms with Gasteiger partial charge in [-0.15, -0.1) is 0 Å². The maximum Gasteiger partial charge on any atom is 0.147 e. The van der Waals surface area contributed by atoms with Crippen LogP contribution in [-0.2, 0) is 0 Å². The topological polar surface area (TPSA) is 45.9 Å². The van der Waals surface area contributed by atoms with Gasteiger partial charge in [0.1, 0.15) is 22.7 Å². The van der Waals surface area contributed by atoms with Gasteiger partial charge in [-0.3, -0.25) is 0 Å². The van der Waals surface area contributed by atoms with E-state index in [-0.39, 0.29) is 0 Å². The van der Waals surface area contributed by atoms with E-state index >= 15 is 0 Å². The van der Waals surface area contributed by atoms with Crippen LogP contribution >= 0.6 is 11.6 Å². The molecule has 0 bridgehead atoms. The molecule has 1 fully saturated rings. The van der Waals surface area contributed by atoms with E-state index in [0.29, 0.717) is 16.6 Å². The van der Waals surface area contributed by atoms with Crippen molar-refractivity contribution in [3.05, 3.63) is 82.9 Å². The highest BCUT2D eigenvalue weighted by molar-refractivity contribution is 6.31. The number of aromatic nitrogens is 1. The van der Waals surface area contributed by atoms with Crippen molar-refractivity contribution in [1.29, 1.82) is 5.26 Å². The first-order valence-electron chi connectivity index (χ1n) is 9.66. The molecule has 0 atom stereocenters. The molecule has 0 aliphatic heterocycles. The fourth-order valence-corrected chi connectivity index (χ4v) is 4.03. The van der Waals surface area contributed by atoms with E-state index in [1.165, 1.54) is 12.8 Å². The fourth-order valence-electron chi connectivity index (χ4n) is 3.78. The Bertz CT molecular complexity index is 991. The van der Waals surface area contributed by atoms with Gasteiger partial charge in [0.25, 0.3) is 0 Å². The molecule has 1 saturated carbocycles. The number of allylic oxidation sites excluding steroid dienone is 5. The summed E-state index contributed by atoms with van der Waals surface area (Å²) in [7, 11) is 0. The summed E-state index contributed by atoms with van der Waals surface area (Å²) in [5, 5.41) is 9.89. The van der Waals surface area contributed by atoms with E-state index in [9.17, 15) is 5.26 Å². The van der Waals surface area contributed by atoms with Gasteiger partial charge >= 0.3 is 0 Å². The van der Waals surface area contributed by atoms with Crippen LogP contribution in [0.15, 0.2) is 66.5 Å². The predicted molar refractivity (Wildman–Crippen MR) is 112 cm³/mol. The summed E-state index contributed by atoms with van der Waals surface area (Å²) < 4.78 is 5.97. The number of benzene rings is 1. The molecule has 0 amide bonds. The first kappa shape index (κ1) is 18.5. The van der Waals surface area contributed by atoms with Gasteiger partial charge in [0.05, 0.1) is 5.56 Å². The van der Waals surface area contributed by atoms with Crippen molar-refractivity contribution in [3.63, 3.8) is 0 Å². The Hall–Kier alpha value is -2.83. The minimum atomic E-state index is 0.296. The van der Waals surface area contributed by atoms with Crippen molar-refractivity contribution >= 4 is 11.6 Å². The summed E-state index contributed by atoms with van der Waals surface area (Å²) in [6.45, 7) is 0. The van der Waals surface area contributed by atoms with Gasteiger partial charge < -0.3 is 4.74 Å². The summed E-state index contributed by atoms with van der Waals surface area (Å²) in [6, 6.07) is 12.1. The monoisotopic (exact) mass is 388 g/mol. The Kier molecular flexibility index (Phi) is 5.60. The molecule has 2 aliphatic rings. The average molecular weight is 389 g/mol. The number of hydrogen-bond donors (Lipinski definition) is 0. The van der Waals surface area contributed by atoms with Crippen LogP contribution in [0.4, 0.5) is 0 Å². The normalized spacial score (nSPS) is 16.5. The highest BCUT2D eigenvalue weighted by atomic mass is 35.5. The molecule has 2 aliphatic carbocycles. The zero-order valence-corrected chi connectivity index (χ0v) is 16.3. The Morgan fingerprint density at radius 2 is 1.86 bits per heavy atom. The summed E-state index contributed by atoms with van der Waals surface area (Å²) in [5.41, 5.74) is 3.22. The van der Waals surface area contributed by atoms with Crippen molar-refractivity contribution < 1.29 is 4.74 Å². The van der Waals surface area contributed by atoms with E-state index in [4.69, 9.17) is 16.3 Å². The number of nitriles is 1. The fraction of sp³-hybridized carbons (Fsp3) is 0.250. The number of nitrogens with zero attached hydrogens (tertiary/aromatic N) is 2. The quantitative estimate of drug-likeness (QED) is 0.546. The highest BCUT2D eigenvalue weighted by Gasteiger charge is 2.22. The van der Waals surface area contributed by atoms with Crippen LogP contribution in [0, 0.1) is 11.3 Å². The zero-order chi connectivity index (χ0) is 19.3. The van der Waals surface area contributed by atoms with Crippen molar-refractivity contribution in [1.82, 2.24) is 4.98 Å². The standard InChI is InChI=1S/C24H21ClN2O/c25-24-22(16-26)21(15-23(27-24)18-7-5-6-8-18)17-11-13-20(14-12-17)28-19-9-3-1-2-4-10-19/h1-4,9,11-15,18H,5-8,10H2. The van der Waals surface area contributed by atoms with E-state index < -0.39 is 0 Å². The smallest absolute Gasteiger partial charge is 0.147 e. The summed E-state index contributed by atoms with van der Waals surface area (Å²) in [6.07, 6.45) is 15.5. The van der Waals surface area contributed by atoms with Gasteiger partial charge in [-0.25, -0.2) is 4.98 Å². The molecule has 4 heteroatoms. The minimum absolute atomic E-state index is 0.296. The molecule has 28 heavy (non-hydrogen) atoms. The molecule has 0 spiro atoms. The van der Waals surface area contributed by atoms with Gasteiger partial charge in [0.2, 0.25) is 0 Å². The SMILES string of the molecule is N#Cc1c(-c2ccc(OC3=CC=CC=CC3)cc2)cc(C2CCCC2)nc1Cl. The molecule has 2 aromatic rings. The van der Waals surface area contributed by atoms with Gasteiger partial charge in [-0.05, 0) is 42.7 Å². The highest BCUT2D eigenvalue weighted by Crippen LogP contribution is 2.37. The summed E-state index contributed by atoms with van der Waals surface area (Å²) in [5.74, 6) is 2.11. The minimum Gasteiger partial charge on any atom is -0.461 e. The molecule has 0 radical (unpaired) electrons. The Morgan fingerprint density at radius 1 is 1.07 bits per heavy atom. The Balaban J connectivity index is 1.63. The lowest BCUT2D eigenvalue weighted by Gasteiger charge is -2.14. The summed E-state index contributed by atoms with van der Waals surface area (Å²) in [4.78, 5) is 4.51. The van der Waals surface area contributed by atoms with Crippen LogP contribution in [0.2, 0.25) is 5.15 Å². The lowest BCUT2D eigenvalue weighted by atomic mass is 9.96. The zero-order valence-electron chi connectivity index (χ0n) is 15.6. The van der Waals surface area contributed by atoms with E-state index in [0.717, 1.165) is 47.6 Å². The van der Waals surface area contributed by atoms with Crippen molar-refractivity contribution in [2.24, 2.45) is 0 Å². The van der Waals surface area contributed by atoms with Gasteiger partial charge in [-0.1, -0.05) is 60.9 Å². The third kappa shape index (κ3) is 4.03. The maximum absolute atomic E-state index is 9.59. The molecule has 1 aromatic heterocycles. The van der Waals surface area contributed by atoms with Gasteiger partial charge in [0.15, 0.2) is 0 Å². The van der Waals surface area contributed by atoms with E-state index in [1.807, 2.05) is 54.6 Å². The van der Waals surface area contributed by atoms with Crippen molar-refractivity contribution in [3.8, 4) is 22.9 Å². The Morgan fingerprint density at radius 3 is 2.61 bits per heavy atom. The molecule has 0 saturated heterocycles. The summed E-state index contributed by atoms with van der Waals surface area (Å²) >= 11 is 6.36. The first-order chi connectivity index (χ1) is 13.7. The van der Waals surface area contributed by atoms with Crippen LogP contribution in [0.3, 0.4) is 0 Å². The van der Waals surface area contributed by atoms with Gasteiger partial charge in [-0.2, -0.15) is 5.26 Å². The molecule has 0 unspecified atom stereocenters. The van der Waals surface area contributed by atoms with Crippen LogP contribution < -0.4 is 4.74 Å². The van der Waals surface area contributed by atoms with E-state index in [2.05, 4.69) is 17.1 Å². The molecule has 0 N–H and O–H groups in total. The lowest BCUT2D eigenvalue weighted by Crippen LogP contribution is -2.00. The third-order valence-corrected chi connectivity index (χ3v) is 5.53. The number of hydrogen-bond acceptors (Lipinski definition) is 3. The molecular weight excluding hydrogens is 368 g/mol. The lowest BCUT2D eigenvalue weighted by molar-refractivity contribution is 0.416. The second kappa shape index (κ2) is 8.46. The second-order valence-electron chi connectivity index (χ2n) is 7.13. The van der Waals surface area contributed by atoms with Gasteiger partial charge in [0, 0.05) is 23.6 Å². The van der Waals surface area contributed by atoms with Crippen molar-refractivity contribution in [2.75, 3.05) is 0 Å². The first-order valence-corrected chi connectivity index (χ1v) is 10.0. The maximum atomic E-state index is 9.59. The molecular formula is C24H21ClN2O. The molecule has 3 nitrogen and oxygen atoms in total. The van der Waals surface area contributed by atoms with E-state index in [1.54, 1.807) is 0 Å². The van der Waals surface area contributed by atoms with Crippen molar-refractivity contribution in [2.45, 2.75) is 38.0 Å². The van der Waals surface area contributed by atoms with Crippen LogP contribution in [0.25, 0.3) is 11.1 Å². The average Bonchev–Trinajstić information content (AvgIpc) is 3.13. The van der Waals surface area contributed by atoms with Crippen LogP contribution in [0.5, 0.6) is 5.75 Å². The number of ether oxygens (including phenoxy) is 1. The van der Waals surface area contributed by atoms with Crippen LogP contribution in [-0.4, -0.2) is 4.98 Å². The Labute approximate surface area is 170 Å². The van der Waals surface area contributed by atoms with Crippen LogP contribution in [0.1, 0.15) is 49.3 Å². The number of rotatable bonds is 4. The third-order valence-electron chi connectivity index (χ3n) is 5.25. The molecule has 1 heterocycles. The number of halogens is 1. The number of pyridine rings is 1. The predicted octanol–water partition coefficient (Wildman–Crippen LogP) is 6.71. The molecule has 4 rings (SSSR count). The molecule has 1 aromatic carbocycles.